The van der Waals surface area contributed by atoms with E-state index in [4.69, 9.17) is 9.15 Å². The normalized spacial score (nSPS) is 16.3. The lowest BCUT2D eigenvalue weighted by Gasteiger charge is -2.09. The molecular formula is C24H22N2O5. The van der Waals surface area contributed by atoms with E-state index in [0.29, 0.717) is 24.4 Å². The van der Waals surface area contributed by atoms with Gasteiger partial charge in [-0.3, -0.25) is 4.79 Å². The summed E-state index contributed by atoms with van der Waals surface area (Å²) in [5.74, 6) is 0.246. The molecule has 31 heavy (non-hydrogen) atoms. The number of aryl methyl sites for hydroxylation is 1. The van der Waals surface area contributed by atoms with Crippen LogP contribution in [-0.2, 0) is 22.5 Å². The van der Waals surface area contributed by atoms with E-state index in [1.807, 2.05) is 48.5 Å². The molecule has 0 saturated carbocycles. The van der Waals surface area contributed by atoms with Crippen molar-refractivity contribution in [2.75, 3.05) is 0 Å². The molecule has 0 spiro atoms. The molecule has 7 nitrogen and oxygen atoms in total. The zero-order chi connectivity index (χ0) is 21.6. The summed E-state index contributed by atoms with van der Waals surface area (Å²) in [5.41, 5.74) is 2.53. The van der Waals surface area contributed by atoms with Gasteiger partial charge in [0.25, 0.3) is 5.91 Å². The number of carbonyl (C=O) groups is 2. The van der Waals surface area contributed by atoms with E-state index in [0.717, 1.165) is 22.4 Å². The molecule has 0 radical (unpaired) electrons. The number of aromatic nitrogens is 1. The van der Waals surface area contributed by atoms with Crippen LogP contribution in [0.5, 0.6) is 5.75 Å². The highest BCUT2D eigenvalue weighted by molar-refractivity contribution is 5.99. The summed E-state index contributed by atoms with van der Waals surface area (Å²) in [4.78, 5) is 30.1. The van der Waals surface area contributed by atoms with Crippen molar-refractivity contribution in [3.05, 3.63) is 83.6 Å². The molecule has 3 aromatic rings. The van der Waals surface area contributed by atoms with Crippen molar-refractivity contribution in [3.8, 4) is 5.75 Å². The Morgan fingerprint density at radius 1 is 1.03 bits per heavy atom. The molecule has 0 bridgehead atoms. The molecule has 158 valence electrons. The standard InChI is InChI=1S/C24H22N2O5/c27-20-12-9-18(10-13-20)7-4-8-21-23(28)26(24(29)31-21)15-19-16-30-22(25-19)14-11-17-5-2-1-3-6-17/h1-3,5-6,9-14,16,21,27H,4,7-8,15H2. The molecule has 7 heteroatoms. The van der Waals surface area contributed by atoms with Gasteiger partial charge in [0.15, 0.2) is 6.10 Å². The monoisotopic (exact) mass is 418 g/mol. The maximum absolute atomic E-state index is 12.6. The first-order valence-electron chi connectivity index (χ1n) is 10.1. The van der Waals surface area contributed by atoms with Crippen molar-refractivity contribution in [1.29, 1.82) is 0 Å². The van der Waals surface area contributed by atoms with Crippen molar-refractivity contribution >= 4 is 24.2 Å². The molecule has 1 N–H and O–H groups in total. The second-order valence-electron chi connectivity index (χ2n) is 7.28. The van der Waals surface area contributed by atoms with E-state index in [-0.39, 0.29) is 18.2 Å². The number of hydrogen-bond acceptors (Lipinski definition) is 6. The van der Waals surface area contributed by atoms with Crippen molar-refractivity contribution in [2.45, 2.75) is 31.9 Å². The Balaban J connectivity index is 1.30. The van der Waals surface area contributed by atoms with E-state index in [2.05, 4.69) is 4.98 Å². The average Bonchev–Trinajstić information content (AvgIpc) is 3.34. The number of phenols is 1. The van der Waals surface area contributed by atoms with Gasteiger partial charge in [0.05, 0.1) is 12.2 Å². The average molecular weight is 418 g/mol. The Morgan fingerprint density at radius 3 is 2.58 bits per heavy atom. The number of phenolic OH excluding ortho intramolecular Hbond substituents is 1. The van der Waals surface area contributed by atoms with Crippen LogP contribution in [0.1, 0.15) is 35.6 Å². The topological polar surface area (TPSA) is 92.9 Å². The third-order valence-electron chi connectivity index (χ3n) is 4.98. The number of carbonyl (C=O) groups excluding carboxylic acids is 2. The Morgan fingerprint density at radius 2 is 1.81 bits per heavy atom. The number of rotatable bonds is 8. The number of nitrogens with zero attached hydrogens (tertiary/aromatic N) is 2. The van der Waals surface area contributed by atoms with Gasteiger partial charge in [-0.1, -0.05) is 42.5 Å². The number of hydrogen-bond donors (Lipinski definition) is 1. The number of oxazole rings is 1. The maximum Gasteiger partial charge on any atom is 0.417 e. The maximum atomic E-state index is 12.6. The van der Waals surface area contributed by atoms with Gasteiger partial charge >= 0.3 is 6.09 Å². The molecule has 1 aromatic heterocycles. The summed E-state index contributed by atoms with van der Waals surface area (Å²) in [6.07, 6.45) is 5.43. The molecule has 4 rings (SSSR count). The lowest BCUT2D eigenvalue weighted by molar-refractivity contribution is -0.130. The van der Waals surface area contributed by atoms with Crippen LogP contribution in [0.25, 0.3) is 12.2 Å². The van der Waals surface area contributed by atoms with Gasteiger partial charge < -0.3 is 14.3 Å². The molecule has 1 fully saturated rings. The zero-order valence-electron chi connectivity index (χ0n) is 16.8. The largest absolute Gasteiger partial charge is 0.508 e. The fourth-order valence-corrected chi connectivity index (χ4v) is 3.34. The Hall–Kier alpha value is -3.87. The van der Waals surface area contributed by atoms with Crippen LogP contribution in [0.15, 0.2) is 65.3 Å². The molecule has 1 aliphatic heterocycles. The van der Waals surface area contributed by atoms with Gasteiger partial charge in [-0.2, -0.15) is 0 Å². The smallest absolute Gasteiger partial charge is 0.417 e. The number of imide groups is 1. The van der Waals surface area contributed by atoms with Crippen molar-refractivity contribution in [1.82, 2.24) is 9.88 Å². The van der Waals surface area contributed by atoms with E-state index >= 15 is 0 Å². The van der Waals surface area contributed by atoms with E-state index in [9.17, 15) is 14.7 Å². The highest BCUT2D eigenvalue weighted by atomic mass is 16.6. The van der Waals surface area contributed by atoms with Gasteiger partial charge in [-0.15, -0.1) is 0 Å². The van der Waals surface area contributed by atoms with Gasteiger partial charge in [-0.25, -0.2) is 14.7 Å². The fourth-order valence-electron chi connectivity index (χ4n) is 3.34. The summed E-state index contributed by atoms with van der Waals surface area (Å²) in [5, 5.41) is 9.33. The summed E-state index contributed by atoms with van der Waals surface area (Å²) < 4.78 is 10.7. The summed E-state index contributed by atoms with van der Waals surface area (Å²) in [7, 11) is 0. The summed E-state index contributed by atoms with van der Waals surface area (Å²) >= 11 is 0. The molecule has 1 atom stereocenters. The van der Waals surface area contributed by atoms with Crippen molar-refractivity contribution in [3.63, 3.8) is 0 Å². The van der Waals surface area contributed by atoms with Crippen LogP contribution in [0.4, 0.5) is 4.79 Å². The number of ether oxygens (including phenoxy) is 1. The highest BCUT2D eigenvalue weighted by Crippen LogP contribution is 2.21. The van der Waals surface area contributed by atoms with E-state index in [1.165, 1.54) is 6.26 Å². The number of amides is 2. The zero-order valence-corrected chi connectivity index (χ0v) is 16.8. The number of aromatic hydroxyl groups is 1. The molecule has 1 aliphatic rings. The predicted octanol–water partition coefficient (Wildman–Crippen LogP) is 4.42. The lowest BCUT2D eigenvalue weighted by atomic mass is 10.1. The second kappa shape index (κ2) is 9.30. The van der Waals surface area contributed by atoms with E-state index in [1.54, 1.807) is 18.2 Å². The summed E-state index contributed by atoms with van der Waals surface area (Å²) in [6.45, 7) is 0.00874. The van der Waals surface area contributed by atoms with Gasteiger partial charge in [0.2, 0.25) is 5.89 Å². The first kappa shape index (κ1) is 20.4. The van der Waals surface area contributed by atoms with E-state index < -0.39 is 12.2 Å². The van der Waals surface area contributed by atoms with Gasteiger partial charge in [0, 0.05) is 6.08 Å². The van der Waals surface area contributed by atoms with Gasteiger partial charge in [0.1, 0.15) is 12.0 Å². The van der Waals surface area contributed by atoms with Crippen molar-refractivity contribution in [2.24, 2.45) is 0 Å². The third kappa shape index (κ3) is 5.19. The number of benzene rings is 2. The quantitative estimate of drug-likeness (QED) is 0.582. The fraction of sp³-hybridized carbons (Fsp3) is 0.208. The molecule has 1 unspecified atom stereocenters. The second-order valence-corrected chi connectivity index (χ2v) is 7.28. The Kier molecular flexibility index (Phi) is 6.12. The van der Waals surface area contributed by atoms with Crippen LogP contribution in [0.3, 0.4) is 0 Å². The molecular weight excluding hydrogens is 396 g/mol. The molecule has 2 amide bonds. The van der Waals surface area contributed by atoms with Crippen LogP contribution in [0, 0.1) is 0 Å². The van der Waals surface area contributed by atoms with Crippen LogP contribution >= 0.6 is 0 Å². The predicted molar refractivity (Wildman–Crippen MR) is 114 cm³/mol. The SMILES string of the molecule is O=C1OC(CCCc2ccc(O)cc2)C(=O)N1Cc1coc(C=Cc2ccccc2)n1. The first-order chi connectivity index (χ1) is 15.1. The molecule has 0 aliphatic carbocycles. The van der Waals surface area contributed by atoms with Crippen LogP contribution < -0.4 is 0 Å². The first-order valence-corrected chi connectivity index (χ1v) is 10.1. The Bertz CT molecular complexity index is 1070. The Labute approximate surface area is 179 Å². The molecule has 1 saturated heterocycles. The minimum absolute atomic E-state index is 0.00874. The third-order valence-corrected chi connectivity index (χ3v) is 4.98. The number of cyclic esters (lactones) is 1. The minimum Gasteiger partial charge on any atom is -0.508 e. The minimum atomic E-state index is -0.783. The lowest BCUT2D eigenvalue weighted by Crippen LogP contribution is -2.31. The van der Waals surface area contributed by atoms with Crippen LogP contribution in [-0.4, -0.2) is 33.1 Å². The molecule has 2 aromatic carbocycles. The summed E-state index contributed by atoms with van der Waals surface area (Å²) in [6, 6.07) is 16.6. The van der Waals surface area contributed by atoms with Crippen LogP contribution in [0.2, 0.25) is 0 Å². The van der Waals surface area contributed by atoms with Gasteiger partial charge in [-0.05, 0) is 48.6 Å². The molecule has 2 heterocycles. The van der Waals surface area contributed by atoms with Crippen molar-refractivity contribution < 1.29 is 23.8 Å². The highest BCUT2D eigenvalue weighted by Gasteiger charge is 2.40.